The van der Waals surface area contributed by atoms with Crippen molar-refractivity contribution in [1.82, 2.24) is 5.32 Å². The van der Waals surface area contributed by atoms with E-state index in [4.69, 9.17) is 0 Å². The fourth-order valence-electron chi connectivity index (χ4n) is 8.67. The maximum Gasteiger partial charge on any atom is 0.249 e. The molecule has 1 amide bonds. The zero-order chi connectivity index (χ0) is 45.9. The van der Waals surface area contributed by atoms with Crippen molar-refractivity contribution in [2.24, 2.45) is 0 Å². The molecule has 0 aliphatic rings. The molecule has 6 nitrogen and oxygen atoms in total. The lowest BCUT2D eigenvalue weighted by Crippen LogP contribution is -2.53. The first kappa shape index (κ1) is 61.5. The van der Waals surface area contributed by atoms with Crippen LogP contribution in [-0.2, 0) is 4.79 Å². The number of allylic oxidation sites excluding steroid dienone is 6. The quantitative estimate of drug-likeness (QED) is 0.0309. The van der Waals surface area contributed by atoms with Crippen molar-refractivity contribution in [2.75, 3.05) is 6.61 Å². The van der Waals surface area contributed by atoms with Gasteiger partial charge >= 0.3 is 0 Å². The third kappa shape index (κ3) is 45.5. The molecule has 0 fully saturated rings. The molecule has 0 spiro atoms. The smallest absolute Gasteiger partial charge is 0.249 e. The molecule has 0 heterocycles. The predicted octanol–water partition coefficient (Wildman–Crippen LogP) is 16.0. The van der Waals surface area contributed by atoms with E-state index in [-0.39, 0.29) is 0 Å². The second-order valence-electron chi connectivity index (χ2n) is 19.3. The van der Waals surface area contributed by atoms with Gasteiger partial charge in [0.2, 0.25) is 5.91 Å². The van der Waals surface area contributed by atoms with Crippen LogP contribution in [0.5, 0.6) is 0 Å². The van der Waals surface area contributed by atoms with Crippen molar-refractivity contribution in [2.45, 2.75) is 314 Å². The van der Waals surface area contributed by atoms with Gasteiger partial charge in [-0.25, -0.2) is 0 Å². The van der Waals surface area contributed by atoms with Gasteiger partial charge in [0.05, 0.1) is 18.8 Å². The van der Waals surface area contributed by atoms with Crippen molar-refractivity contribution < 1.29 is 25.2 Å². The van der Waals surface area contributed by atoms with Crippen LogP contribution in [0.4, 0.5) is 0 Å². The van der Waals surface area contributed by atoms with E-state index in [9.17, 15) is 25.2 Å². The standard InChI is InChI=1S/C57H109NO5/c1-3-5-7-9-11-13-15-17-19-21-23-25-27-28-29-31-32-34-36-38-40-42-44-46-48-50-54(60)56(62)53(52-59)58-57(63)55(61)51-49-47-45-43-41-39-37-35-33-30-26-24-22-20-18-16-14-12-10-8-6-4-2/h28-29,34,36,42,44,53-56,59-62H,3-27,30-33,35,37-41,43,45-52H2,1-2H3,(H,58,63)/b29-28+,36-34+,44-42+. The molecule has 0 aromatic heterocycles. The fourth-order valence-corrected chi connectivity index (χ4v) is 8.67. The molecule has 0 aliphatic carbocycles. The number of carbonyl (C=O) groups excluding carboxylic acids is 1. The molecule has 0 bridgehead atoms. The maximum atomic E-state index is 12.6. The fraction of sp³-hybridized carbons (Fsp3) is 0.877. The Morgan fingerprint density at radius 3 is 1.00 bits per heavy atom. The second kappa shape index (κ2) is 51.5. The van der Waals surface area contributed by atoms with Crippen molar-refractivity contribution in [1.29, 1.82) is 0 Å². The molecule has 4 unspecified atom stereocenters. The van der Waals surface area contributed by atoms with Gasteiger partial charge in [-0.15, -0.1) is 0 Å². The zero-order valence-electron chi connectivity index (χ0n) is 42.1. The van der Waals surface area contributed by atoms with Gasteiger partial charge in [-0.3, -0.25) is 4.79 Å². The third-order valence-corrected chi connectivity index (χ3v) is 13.1. The van der Waals surface area contributed by atoms with E-state index in [0.717, 1.165) is 51.4 Å². The highest BCUT2D eigenvalue weighted by Crippen LogP contribution is 2.17. The van der Waals surface area contributed by atoms with Gasteiger partial charge in [0.15, 0.2) is 0 Å². The first-order valence-corrected chi connectivity index (χ1v) is 27.9. The van der Waals surface area contributed by atoms with E-state index >= 15 is 0 Å². The highest BCUT2D eigenvalue weighted by atomic mass is 16.3. The Labute approximate surface area is 392 Å². The molecule has 0 radical (unpaired) electrons. The topological polar surface area (TPSA) is 110 Å². The summed E-state index contributed by atoms with van der Waals surface area (Å²) in [5.74, 6) is -0.595. The number of aliphatic hydroxyl groups is 4. The minimum atomic E-state index is -1.29. The van der Waals surface area contributed by atoms with E-state index in [1.54, 1.807) is 0 Å². The molecule has 4 atom stereocenters. The Hall–Kier alpha value is -1.47. The lowest BCUT2D eigenvalue weighted by Gasteiger charge is -2.27. The summed E-state index contributed by atoms with van der Waals surface area (Å²) < 4.78 is 0. The number of amides is 1. The molecule has 0 aliphatic heterocycles. The number of hydrogen-bond acceptors (Lipinski definition) is 5. The first-order chi connectivity index (χ1) is 31.0. The van der Waals surface area contributed by atoms with Crippen LogP contribution in [0.15, 0.2) is 36.5 Å². The number of carbonyl (C=O) groups is 1. The molecule has 0 aromatic carbocycles. The summed E-state index contributed by atoms with van der Waals surface area (Å²) in [6, 6.07) is -1.01. The highest BCUT2D eigenvalue weighted by Gasteiger charge is 2.28. The van der Waals surface area contributed by atoms with Gasteiger partial charge in [-0.1, -0.05) is 262 Å². The van der Waals surface area contributed by atoms with E-state index in [1.807, 2.05) is 0 Å². The number of rotatable bonds is 51. The van der Waals surface area contributed by atoms with Gasteiger partial charge < -0.3 is 25.7 Å². The van der Waals surface area contributed by atoms with Gasteiger partial charge in [-0.05, 0) is 64.2 Å². The van der Waals surface area contributed by atoms with Crippen LogP contribution in [-0.4, -0.2) is 57.3 Å². The van der Waals surface area contributed by atoms with Gasteiger partial charge in [-0.2, -0.15) is 0 Å². The van der Waals surface area contributed by atoms with Crippen LogP contribution in [0.25, 0.3) is 0 Å². The summed E-state index contributed by atoms with van der Waals surface area (Å²) in [6.07, 6.45) is 63.5. The van der Waals surface area contributed by atoms with Crippen LogP contribution < -0.4 is 5.32 Å². The molecule has 5 N–H and O–H groups in total. The summed E-state index contributed by atoms with van der Waals surface area (Å²) >= 11 is 0. The van der Waals surface area contributed by atoms with Gasteiger partial charge in [0.25, 0.3) is 0 Å². The molecule has 0 aromatic rings. The summed E-state index contributed by atoms with van der Waals surface area (Å²) in [6.45, 7) is 4.07. The average molecular weight is 889 g/mol. The van der Waals surface area contributed by atoms with E-state index < -0.39 is 36.9 Å². The molecule has 372 valence electrons. The van der Waals surface area contributed by atoms with Gasteiger partial charge in [0, 0.05) is 0 Å². The Morgan fingerprint density at radius 2 is 0.667 bits per heavy atom. The van der Waals surface area contributed by atoms with E-state index in [0.29, 0.717) is 19.3 Å². The highest BCUT2D eigenvalue weighted by molar-refractivity contribution is 5.80. The second-order valence-corrected chi connectivity index (χ2v) is 19.3. The summed E-state index contributed by atoms with van der Waals surface area (Å²) in [5, 5.41) is 43.9. The summed E-state index contributed by atoms with van der Waals surface area (Å²) in [4.78, 5) is 12.6. The van der Waals surface area contributed by atoms with E-state index in [2.05, 4.69) is 55.6 Å². The van der Waals surface area contributed by atoms with Crippen molar-refractivity contribution in [3.63, 3.8) is 0 Å². The lowest BCUT2D eigenvalue weighted by molar-refractivity contribution is -0.132. The number of hydrogen-bond donors (Lipinski definition) is 5. The molecule has 0 saturated heterocycles. The Bertz CT molecular complexity index is 997. The molecule has 6 heteroatoms. The van der Waals surface area contributed by atoms with Crippen LogP contribution in [0.3, 0.4) is 0 Å². The zero-order valence-corrected chi connectivity index (χ0v) is 42.1. The maximum absolute atomic E-state index is 12.6. The van der Waals surface area contributed by atoms with Crippen LogP contribution in [0.2, 0.25) is 0 Å². The van der Waals surface area contributed by atoms with Crippen LogP contribution in [0, 0.1) is 0 Å². The normalized spacial score (nSPS) is 14.1. The largest absolute Gasteiger partial charge is 0.394 e. The van der Waals surface area contributed by atoms with Crippen molar-refractivity contribution in [3.05, 3.63) is 36.5 Å². The molecule has 0 saturated carbocycles. The minimum absolute atomic E-state index is 0.362. The molecule has 0 rings (SSSR count). The summed E-state index contributed by atoms with van der Waals surface area (Å²) in [5.41, 5.74) is 0. The Kier molecular flexibility index (Phi) is 50.3. The minimum Gasteiger partial charge on any atom is -0.394 e. The van der Waals surface area contributed by atoms with Crippen molar-refractivity contribution >= 4 is 5.91 Å². The monoisotopic (exact) mass is 888 g/mol. The molecule has 63 heavy (non-hydrogen) atoms. The van der Waals surface area contributed by atoms with Crippen LogP contribution >= 0.6 is 0 Å². The van der Waals surface area contributed by atoms with Gasteiger partial charge in [0.1, 0.15) is 12.2 Å². The number of aliphatic hydroxyl groups excluding tert-OH is 4. The number of unbranched alkanes of at least 4 members (excludes halogenated alkanes) is 36. The van der Waals surface area contributed by atoms with Crippen LogP contribution in [0.1, 0.15) is 290 Å². The average Bonchev–Trinajstić information content (AvgIpc) is 3.29. The van der Waals surface area contributed by atoms with E-state index in [1.165, 1.54) is 205 Å². The predicted molar refractivity (Wildman–Crippen MR) is 274 cm³/mol. The molecular weight excluding hydrogens is 779 g/mol. The summed E-state index contributed by atoms with van der Waals surface area (Å²) in [7, 11) is 0. The number of nitrogens with one attached hydrogen (secondary N) is 1. The first-order valence-electron chi connectivity index (χ1n) is 27.9. The Balaban J connectivity index is 3.71. The Morgan fingerprint density at radius 1 is 0.381 bits per heavy atom. The third-order valence-electron chi connectivity index (χ3n) is 13.1. The lowest BCUT2D eigenvalue weighted by atomic mass is 10.00. The molecular formula is C57H109NO5. The van der Waals surface area contributed by atoms with Crippen molar-refractivity contribution in [3.8, 4) is 0 Å². The SMILES string of the molecule is CCCCCCCCCCCCCC/C=C/CC/C=C/CC/C=C/CCCC(O)C(O)C(CO)NC(=O)C(O)CCCCCCCCCCCCCCCCCCCCCCCC.